The van der Waals surface area contributed by atoms with E-state index < -0.39 is 5.60 Å². The maximum Gasteiger partial charge on any atom is 0.167 e. The lowest BCUT2D eigenvalue weighted by molar-refractivity contribution is -0.154. The first-order valence-corrected chi connectivity index (χ1v) is 8.37. The average Bonchev–Trinajstić information content (AvgIpc) is 2.37. The van der Waals surface area contributed by atoms with Crippen molar-refractivity contribution in [1.82, 2.24) is 0 Å². The second kappa shape index (κ2) is 5.79. The Morgan fingerprint density at radius 1 is 0.950 bits per heavy atom. The van der Waals surface area contributed by atoms with Crippen molar-refractivity contribution in [1.29, 1.82) is 0 Å². The molecule has 0 aliphatic heterocycles. The summed E-state index contributed by atoms with van der Waals surface area (Å²) in [4.78, 5) is 13.1. The molecule has 2 aliphatic rings. The lowest BCUT2D eigenvalue weighted by Gasteiger charge is -2.44. The Morgan fingerprint density at radius 3 is 1.90 bits per heavy atom. The predicted octanol–water partition coefficient (Wildman–Crippen LogP) is 4.61. The number of ketones is 1. The molecule has 116 valence electrons. The van der Waals surface area contributed by atoms with Crippen molar-refractivity contribution >= 4 is 5.78 Å². The maximum atomic E-state index is 13.1. The number of ether oxygens (including phenoxy) is 1. The minimum Gasteiger partial charge on any atom is -0.370 e. The van der Waals surface area contributed by atoms with Crippen LogP contribution in [0.5, 0.6) is 0 Å². The van der Waals surface area contributed by atoms with Crippen LogP contribution in [0.2, 0.25) is 0 Å². The Hall–Kier alpha value is -0.370. The van der Waals surface area contributed by atoms with Gasteiger partial charge in [0, 0.05) is 13.0 Å². The molecular weight excluding hydrogens is 248 g/mol. The van der Waals surface area contributed by atoms with Gasteiger partial charge in [0.1, 0.15) is 5.60 Å². The number of hydrogen-bond acceptors (Lipinski definition) is 2. The summed E-state index contributed by atoms with van der Waals surface area (Å²) in [5.41, 5.74) is -0.105. The third kappa shape index (κ3) is 3.27. The van der Waals surface area contributed by atoms with Crippen LogP contribution in [0.3, 0.4) is 0 Å². The number of methoxy groups -OCH3 is 1. The summed E-state index contributed by atoms with van der Waals surface area (Å²) in [5.74, 6) is 2.01. The van der Waals surface area contributed by atoms with Crippen molar-refractivity contribution in [2.45, 2.75) is 78.2 Å². The minimum atomic E-state index is -0.475. The topological polar surface area (TPSA) is 26.3 Å². The summed E-state index contributed by atoms with van der Waals surface area (Å²) >= 11 is 0. The molecule has 0 radical (unpaired) electrons. The zero-order valence-electron chi connectivity index (χ0n) is 14.0. The number of Topliss-reactive ketones (excluding diaryl/α,β-unsaturated/α-hetero) is 1. The molecule has 0 amide bonds. The summed E-state index contributed by atoms with van der Waals surface area (Å²) in [5, 5.41) is 0. The highest BCUT2D eigenvalue weighted by Gasteiger charge is 2.47. The van der Waals surface area contributed by atoms with E-state index in [4.69, 9.17) is 4.74 Å². The quantitative estimate of drug-likeness (QED) is 0.754. The van der Waals surface area contributed by atoms with Gasteiger partial charge >= 0.3 is 0 Å². The molecule has 0 saturated heterocycles. The van der Waals surface area contributed by atoms with Gasteiger partial charge in [-0.25, -0.2) is 0 Å². The van der Waals surface area contributed by atoms with Crippen LogP contribution < -0.4 is 0 Å². The lowest BCUT2D eigenvalue weighted by atomic mass is 9.65. The molecule has 0 heterocycles. The molecule has 0 aromatic carbocycles. The molecule has 0 aromatic heterocycles. The Kier molecular flexibility index (Phi) is 4.63. The second-order valence-corrected chi connectivity index (χ2v) is 8.34. The van der Waals surface area contributed by atoms with Gasteiger partial charge in [0.2, 0.25) is 0 Å². The first-order chi connectivity index (χ1) is 9.28. The van der Waals surface area contributed by atoms with Crippen LogP contribution in [0.25, 0.3) is 0 Å². The van der Waals surface area contributed by atoms with Crippen LogP contribution in [0.1, 0.15) is 72.6 Å². The van der Waals surface area contributed by atoms with Crippen LogP contribution in [-0.4, -0.2) is 18.5 Å². The highest BCUT2D eigenvalue weighted by atomic mass is 16.5. The number of rotatable bonds is 3. The Labute approximate surface area is 124 Å². The summed E-state index contributed by atoms with van der Waals surface area (Å²) < 4.78 is 5.81. The molecule has 2 fully saturated rings. The van der Waals surface area contributed by atoms with Gasteiger partial charge in [-0.2, -0.15) is 0 Å². The van der Waals surface area contributed by atoms with Crippen molar-refractivity contribution in [3.8, 4) is 0 Å². The van der Waals surface area contributed by atoms with E-state index in [1.165, 1.54) is 6.42 Å². The maximum absolute atomic E-state index is 13.1. The monoisotopic (exact) mass is 280 g/mol. The van der Waals surface area contributed by atoms with Crippen LogP contribution in [0.4, 0.5) is 0 Å². The number of hydrogen-bond donors (Lipinski definition) is 0. The van der Waals surface area contributed by atoms with E-state index in [0.29, 0.717) is 23.0 Å². The minimum absolute atomic E-state index is 0.231. The first kappa shape index (κ1) is 16.0. The smallest absolute Gasteiger partial charge is 0.167 e. The highest BCUT2D eigenvalue weighted by molar-refractivity contribution is 5.89. The fraction of sp³-hybridized carbons (Fsp3) is 0.944. The standard InChI is InChI=1S/C18H32O2/c1-13-10-14(2)12-15(11-13)16(19)18(20-5)8-6-17(3,4)7-9-18/h13-15H,6-12H2,1-5H3. The third-order valence-corrected chi connectivity index (χ3v) is 5.80. The Bertz CT molecular complexity index is 338. The molecule has 20 heavy (non-hydrogen) atoms. The fourth-order valence-corrected chi connectivity index (χ4v) is 4.41. The van der Waals surface area contributed by atoms with Crippen LogP contribution in [-0.2, 0) is 9.53 Å². The van der Waals surface area contributed by atoms with Gasteiger partial charge < -0.3 is 4.74 Å². The van der Waals surface area contributed by atoms with Crippen molar-refractivity contribution in [3.05, 3.63) is 0 Å². The van der Waals surface area contributed by atoms with Gasteiger partial charge in [-0.15, -0.1) is 0 Å². The predicted molar refractivity (Wildman–Crippen MR) is 82.7 cm³/mol. The van der Waals surface area contributed by atoms with Gasteiger partial charge in [0.25, 0.3) is 0 Å². The summed E-state index contributed by atoms with van der Waals surface area (Å²) in [6.07, 6.45) is 7.43. The zero-order chi connectivity index (χ0) is 15.0. The number of carbonyl (C=O) groups excluding carboxylic acids is 1. The zero-order valence-corrected chi connectivity index (χ0v) is 14.0. The van der Waals surface area contributed by atoms with Crippen molar-refractivity contribution in [2.75, 3.05) is 7.11 Å². The molecule has 0 bridgehead atoms. The van der Waals surface area contributed by atoms with E-state index in [2.05, 4.69) is 27.7 Å². The van der Waals surface area contributed by atoms with Crippen LogP contribution >= 0.6 is 0 Å². The lowest BCUT2D eigenvalue weighted by Crippen LogP contribution is -2.49. The molecule has 0 spiro atoms. The molecular formula is C18H32O2. The highest BCUT2D eigenvalue weighted by Crippen LogP contribution is 2.45. The molecule has 2 heteroatoms. The molecule has 2 atom stereocenters. The van der Waals surface area contributed by atoms with Crippen LogP contribution in [0, 0.1) is 23.2 Å². The molecule has 2 unspecified atom stereocenters. The van der Waals surface area contributed by atoms with Gasteiger partial charge in [-0.3, -0.25) is 4.79 Å². The van der Waals surface area contributed by atoms with Crippen molar-refractivity contribution in [2.24, 2.45) is 23.2 Å². The van der Waals surface area contributed by atoms with Gasteiger partial charge in [0.15, 0.2) is 5.78 Å². The van der Waals surface area contributed by atoms with Crippen LogP contribution in [0.15, 0.2) is 0 Å². The van der Waals surface area contributed by atoms with E-state index in [-0.39, 0.29) is 5.92 Å². The number of carbonyl (C=O) groups is 1. The summed E-state index contributed by atoms with van der Waals surface area (Å²) in [6.45, 7) is 9.20. The van der Waals surface area contributed by atoms with E-state index in [1.807, 2.05) is 0 Å². The molecule has 0 aromatic rings. The van der Waals surface area contributed by atoms with Gasteiger partial charge in [-0.1, -0.05) is 27.7 Å². The van der Waals surface area contributed by atoms with Crippen molar-refractivity contribution < 1.29 is 9.53 Å². The molecule has 2 nitrogen and oxygen atoms in total. The van der Waals surface area contributed by atoms with Gasteiger partial charge in [0.05, 0.1) is 0 Å². The normalized spacial score (nSPS) is 36.5. The SMILES string of the molecule is COC1(C(=O)C2CC(C)CC(C)C2)CCC(C)(C)CC1. The average molecular weight is 280 g/mol. The molecule has 2 saturated carbocycles. The van der Waals surface area contributed by atoms with E-state index in [1.54, 1.807) is 7.11 Å². The fourth-order valence-electron chi connectivity index (χ4n) is 4.41. The third-order valence-electron chi connectivity index (χ3n) is 5.80. The van der Waals surface area contributed by atoms with Crippen molar-refractivity contribution in [3.63, 3.8) is 0 Å². The molecule has 2 aliphatic carbocycles. The summed E-state index contributed by atoms with van der Waals surface area (Å²) in [6, 6.07) is 0. The molecule has 0 N–H and O–H groups in total. The van der Waals surface area contributed by atoms with E-state index in [0.717, 1.165) is 38.5 Å². The Balaban J connectivity index is 2.09. The van der Waals surface area contributed by atoms with E-state index >= 15 is 0 Å². The van der Waals surface area contributed by atoms with Gasteiger partial charge in [-0.05, 0) is 62.2 Å². The second-order valence-electron chi connectivity index (χ2n) is 8.34. The molecule has 2 rings (SSSR count). The first-order valence-electron chi connectivity index (χ1n) is 8.37. The largest absolute Gasteiger partial charge is 0.370 e. The van der Waals surface area contributed by atoms with E-state index in [9.17, 15) is 4.79 Å². The summed E-state index contributed by atoms with van der Waals surface area (Å²) in [7, 11) is 1.74. The Morgan fingerprint density at radius 2 is 1.45 bits per heavy atom.